The van der Waals surface area contributed by atoms with Gasteiger partial charge in [0.1, 0.15) is 18.5 Å². The van der Waals surface area contributed by atoms with Crippen molar-refractivity contribution in [3.8, 4) is 5.75 Å². The summed E-state index contributed by atoms with van der Waals surface area (Å²) in [5, 5.41) is 27.5. The smallest absolute Gasteiger partial charge is 0.408 e. The molecule has 2 bridgehead atoms. The highest BCUT2D eigenvalue weighted by molar-refractivity contribution is 7.89. The number of amides is 1. The van der Waals surface area contributed by atoms with Gasteiger partial charge in [-0.15, -0.1) is 0 Å². The number of nitrogens with one attached hydrogen (secondary N) is 4. The number of aromatic hydroxyl groups is 1. The van der Waals surface area contributed by atoms with Crippen LogP contribution in [0, 0.1) is 5.92 Å². The topological polar surface area (TPSA) is 199 Å². The van der Waals surface area contributed by atoms with E-state index in [4.69, 9.17) is 9.47 Å². The number of unbranched alkanes of at least 4 members (excludes halogenated alkanes) is 1. The summed E-state index contributed by atoms with van der Waals surface area (Å²) in [5.41, 5.74) is 2.90. The Balaban J connectivity index is 0.860. The Kier molecular flexibility index (Phi) is 13.4. The summed E-state index contributed by atoms with van der Waals surface area (Å²) in [6.07, 6.45) is 1.70. The summed E-state index contributed by atoms with van der Waals surface area (Å²) in [6, 6.07) is 27.9. The van der Waals surface area contributed by atoms with Crippen LogP contribution < -0.4 is 20.9 Å². The van der Waals surface area contributed by atoms with E-state index in [1.54, 1.807) is 42.5 Å². The van der Waals surface area contributed by atoms with Gasteiger partial charge in [0.05, 0.1) is 28.1 Å². The zero-order valence-electron chi connectivity index (χ0n) is 32.5. The number of aromatic nitrogens is 1. The van der Waals surface area contributed by atoms with Crippen molar-refractivity contribution >= 4 is 33.0 Å². The van der Waals surface area contributed by atoms with E-state index < -0.39 is 34.2 Å². The number of phenols is 1. The Morgan fingerprint density at radius 1 is 0.881 bits per heavy atom. The van der Waals surface area contributed by atoms with Gasteiger partial charge in [-0.2, -0.15) is 0 Å². The van der Waals surface area contributed by atoms with Crippen molar-refractivity contribution in [3.05, 3.63) is 141 Å². The number of nitrogens with zero attached hydrogens (tertiary/aromatic N) is 1. The van der Waals surface area contributed by atoms with Crippen LogP contribution in [0.3, 0.4) is 0 Å². The van der Waals surface area contributed by atoms with Crippen LogP contribution in [-0.2, 0) is 26.1 Å². The normalized spacial score (nSPS) is 18.6. The zero-order valence-corrected chi connectivity index (χ0v) is 33.3. The van der Waals surface area contributed by atoms with Gasteiger partial charge in [-0.25, -0.2) is 22.7 Å². The van der Waals surface area contributed by atoms with E-state index in [9.17, 15) is 33.0 Å². The first-order valence-corrected chi connectivity index (χ1v) is 21.4. The van der Waals surface area contributed by atoms with Crippen molar-refractivity contribution in [2.75, 3.05) is 39.3 Å². The lowest BCUT2D eigenvalue weighted by Gasteiger charge is -2.43. The number of ether oxygens (including phenoxy) is 2. The number of sulfonamides is 1. The van der Waals surface area contributed by atoms with Crippen LogP contribution in [0.5, 0.6) is 5.75 Å². The third-order valence-corrected chi connectivity index (χ3v) is 12.5. The van der Waals surface area contributed by atoms with Gasteiger partial charge >= 0.3 is 12.1 Å². The molecule has 0 aliphatic carbocycles. The minimum atomic E-state index is -3.78. The summed E-state index contributed by atoms with van der Waals surface area (Å²) in [7, 11) is -3.78. The minimum absolute atomic E-state index is 0.0761. The fourth-order valence-electron chi connectivity index (χ4n) is 7.74. The molecule has 1 unspecified atom stereocenters. The predicted molar refractivity (Wildman–Crippen MR) is 221 cm³/mol. The van der Waals surface area contributed by atoms with Crippen LogP contribution in [0.15, 0.2) is 113 Å². The Labute approximate surface area is 342 Å². The first-order chi connectivity index (χ1) is 28.5. The summed E-state index contributed by atoms with van der Waals surface area (Å²) in [5.74, 6) is -0.279. The molecule has 6 N–H and O–H groups in total. The lowest BCUT2D eigenvalue weighted by Crippen LogP contribution is -2.52. The highest BCUT2D eigenvalue weighted by atomic mass is 32.2. The predicted octanol–water partition coefficient (Wildman–Crippen LogP) is 4.88. The Bertz CT molecular complexity index is 2400. The summed E-state index contributed by atoms with van der Waals surface area (Å²) in [6.45, 7) is 3.72. The van der Waals surface area contributed by atoms with Gasteiger partial charge in [0.2, 0.25) is 15.6 Å². The van der Waals surface area contributed by atoms with E-state index in [0.717, 1.165) is 38.0 Å². The van der Waals surface area contributed by atoms with Gasteiger partial charge in [0, 0.05) is 31.1 Å². The van der Waals surface area contributed by atoms with Gasteiger partial charge in [0.25, 0.3) is 0 Å². The largest absolute Gasteiger partial charge is 0.506 e. The molecule has 1 amide bonds. The molecule has 5 aromatic rings. The number of hydrogen-bond acceptors (Lipinski definition) is 11. The maximum atomic E-state index is 13.2. The van der Waals surface area contributed by atoms with Crippen LogP contribution in [0.4, 0.5) is 4.79 Å². The van der Waals surface area contributed by atoms with Gasteiger partial charge in [-0.1, -0.05) is 60.7 Å². The van der Waals surface area contributed by atoms with Crippen LogP contribution in [0.25, 0.3) is 10.9 Å². The number of aliphatic hydroxyl groups excluding tert-OH is 1. The van der Waals surface area contributed by atoms with Gasteiger partial charge in [-0.3, -0.25) is 9.69 Å². The second-order valence-corrected chi connectivity index (χ2v) is 16.8. The quantitative estimate of drug-likeness (QED) is 0.0552. The standard InChI is InChI=1S/C44H49N5O9S/c50-37-17-15-35(36-16-18-40(52)47-42(36)37)38(51)26-45-21-4-5-22-46-59(55,56)34-13-11-29(12-14-34)28-57-43(53)33-10-6-9-32(25-33)41(31-7-2-1-3-8-31)48-44(54)58-39-27-49-23-19-30(39)20-24-49/h1-3,6-18,25,30,38-39,41,45-46,50-51H,4-5,19-24,26-28H2,(H,47,52)(H,48,54)/t38-,39-,41?/m0/s1. The molecule has 8 rings (SSSR count). The summed E-state index contributed by atoms with van der Waals surface area (Å²) >= 11 is 0. The lowest BCUT2D eigenvalue weighted by atomic mass is 9.86. The molecule has 1 aromatic heterocycles. The van der Waals surface area contributed by atoms with E-state index in [0.29, 0.717) is 52.9 Å². The number of benzene rings is 4. The number of hydrogen-bond donors (Lipinski definition) is 6. The van der Waals surface area contributed by atoms with Crippen molar-refractivity contribution in [2.24, 2.45) is 5.92 Å². The number of rotatable bonds is 17. The van der Waals surface area contributed by atoms with Crippen molar-refractivity contribution in [3.63, 3.8) is 0 Å². The molecular formula is C44H49N5O9S. The fraction of sp³-hybridized carbons (Fsp3) is 0.341. The molecule has 15 heteroatoms. The molecule has 3 aliphatic heterocycles. The first-order valence-electron chi connectivity index (χ1n) is 19.9. The van der Waals surface area contributed by atoms with E-state index >= 15 is 0 Å². The number of pyridine rings is 1. The van der Waals surface area contributed by atoms with E-state index in [2.05, 4.69) is 25.2 Å². The lowest BCUT2D eigenvalue weighted by molar-refractivity contribution is -0.0336. The molecular weight excluding hydrogens is 775 g/mol. The molecule has 0 spiro atoms. The molecule has 3 fully saturated rings. The van der Waals surface area contributed by atoms with Crippen molar-refractivity contribution in [1.29, 1.82) is 0 Å². The zero-order chi connectivity index (χ0) is 41.4. The first kappa shape index (κ1) is 41.6. The monoisotopic (exact) mass is 823 g/mol. The Morgan fingerprint density at radius 2 is 1.63 bits per heavy atom. The molecule has 3 saturated heterocycles. The maximum Gasteiger partial charge on any atom is 0.408 e. The molecule has 14 nitrogen and oxygen atoms in total. The highest BCUT2D eigenvalue weighted by Gasteiger charge is 2.37. The third kappa shape index (κ3) is 10.5. The number of fused-ring (bicyclic) bond motifs is 4. The number of carbonyl (C=O) groups is 2. The van der Waals surface area contributed by atoms with Crippen molar-refractivity contribution in [1.82, 2.24) is 25.2 Å². The van der Waals surface area contributed by atoms with Crippen LogP contribution in [0.1, 0.15) is 70.4 Å². The van der Waals surface area contributed by atoms with Crippen molar-refractivity contribution in [2.45, 2.75) is 55.4 Å². The number of aromatic amines is 1. The molecule has 3 aliphatic rings. The van der Waals surface area contributed by atoms with E-state index in [1.165, 1.54) is 24.3 Å². The van der Waals surface area contributed by atoms with Gasteiger partial charge in [-0.05, 0) is 110 Å². The summed E-state index contributed by atoms with van der Waals surface area (Å²) < 4.78 is 40.0. The molecule has 0 saturated carbocycles. The second-order valence-electron chi connectivity index (χ2n) is 15.0. The fourth-order valence-corrected chi connectivity index (χ4v) is 8.82. The van der Waals surface area contributed by atoms with E-state index in [1.807, 2.05) is 36.4 Å². The van der Waals surface area contributed by atoms with Crippen LogP contribution >= 0.6 is 0 Å². The number of aliphatic hydroxyl groups is 1. The molecule has 310 valence electrons. The number of phenolic OH excluding ortho intramolecular Hbond substituents is 1. The number of carbonyl (C=O) groups excluding carboxylic acids is 2. The van der Waals surface area contributed by atoms with Crippen molar-refractivity contribution < 1.29 is 37.7 Å². The highest BCUT2D eigenvalue weighted by Crippen LogP contribution is 2.31. The average molecular weight is 824 g/mol. The number of esters is 1. The van der Waals surface area contributed by atoms with Crippen LogP contribution in [0.2, 0.25) is 0 Å². The van der Waals surface area contributed by atoms with Crippen LogP contribution in [-0.4, -0.2) is 85.9 Å². The maximum absolute atomic E-state index is 13.2. The SMILES string of the molecule is O=C(NC(c1ccccc1)c1cccc(C(=O)OCc2ccc(S(=O)(=O)NCCCCNC[C@H](O)c3ccc(O)c4[nH]c(=O)ccc34)cc2)c1)O[C@H]1CN2CCC1CC2. The third-order valence-electron chi connectivity index (χ3n) is 11.0. The second kappa shape index (κ2) is 19.0. The molecule has 4 aromatic carbocycles. The Morgan fingerprint density at radius 3 is 2.37 bits per heavy atom. The molecule has 4 heterocycles. The molecule has 59 heavy (non-hydrogen) atoms. The van der Waals surface area contributed by atoms with Gasteiger partial charge < -0.3 is 35.3 Å². The summed E-state index contributed by atoms with van der Waals surface area (Å²) in [4.78, 5) is 43.1. The van der Waals surface area contributed by atoms with E-state index in [-0.39, 0.29) is 47.5 Å². The molecule has 3 atom stereocenters. The van der Waals surface area contributed by atoms with Gasteiger partial charge in [0.15, 0.2) is 0 Å². The average Bonchev–Trinajstić information content (AvgIpc) is 3.25. The Hall–Kier alpha value is -5.58. The molecule has 0 radical (unpaired) electrons. The number of H-pyrrole nitrogens is 1. The minimum Gasteiger partial charge on any atom is -0.506 e. The number of piperidine rings is 3. The number of alkyl carbamates (subject to hydrolysis) is 1.